The van der Waals surface area contributed by atoms with Gasteiger partial charge in [-0.25, -0.2) is 0 Å². The van der Waals surface area contributed by atoms with Crippen LogP contribution in [0.5, 0.6) is 0 Å². The van der Waals surface area contributed by atoms with Gasteiger partial charge in [-0.15, -0.1) is 0 Å². The molecule has 0 spiro atoms. The van der Waals surface area contributed by atoms with Crippen LogP contribution < -0.4 is 5.32 Å². The molecule has 1 saturated carbocycles. The summed E-state index contributed by atoms with van der Waals surface area (Å²) in [5.74, 6) is 7.24. The third-order valence-corrected chi connectivity index (χ3v) is 12.3. The van der Waals surface area contributed by atoms with Gasteiger partial charge in [-0.3, -0.25) is 0 Å². The van der Waals surface area contributed by atoms with E-state index in [0.717, 1.165) is 46.0 Å². The Morgan fingerprint density at radius 1 is 0.829 bits per heavy atom. The standard InChI is InChI=1S/C29H61N3S3/c1-23(2)27(33-19-16-30-5)14-11-25(4)28(34-20-17-31(6)7)15-13-26-12-10-24(3)22-29(26)35-21-18-32(8)9/h23-30H,10-22H2,1-9H3. The fraction of sp³-hybridized carbons (Fsp3) is 1.00. The maximum atomic E-state index is 3.32. The lowest BCUT2D eigenvalue weighted by Crippen LogP contribution is -2.29. The number of thioether (sulfide) groups is 3. The van der Waals surface area contributed by atoms with E-state index >= 15 is 0 Å². The largest absolute Gasteiger partial charge is 0.319 e. The Labute approximate surface area is 233 Å². The van der Waals surface area contributed by atoms with Crippen molar-refractivity contribution < 1.29 is 0 Å². The minimum atomic E-state index is 0.771. The molecule has 210 valence electrons. The molecular formula is C29H61N3S3. The van der Waals surface area contributed by atoms with Crippen LogP contribution in [0.4, 0.5) is 0 Å². The van der Waals surface area contributed by atoms with Gasteiger partial charge in [0.05, 0.1) is 0 Å². The van der Waals surface area contributed by atoms with Crippen LogP contribution in [-0.2, 0) is 0 Å². The van der Waals surface area contributed by atoms with E-state index in [1.54, 1.807) is 0 Å². The third kappa shape index (κ3) is 15.8. The summed E-state index contributed by atoms with van der Waals surface area (Å²) in [6.07, 6.45) is 9.98. The van der Waals surface area contributed by atoms with Crippen molar-refractivity contribution in [3.05, 3.63) is 0 Å². The van der Waals surface area contributed by atoms with Crippen LogP contribution in [0.1, 0.15) is 72.6 Å². The van der Waals surface area contributed by atoms with Crippen molar-refractivity contribution in [2.24, 2.45) is 23.7 Å². The van der Waals surface area contributed by atoms with E-state index in [2.05, 4.69) is 113 Å². The minimum Gasteiger partial charge on any atom is -0.319 e. The molecule has 1 N–H and O–H groups in total. The first-order valence-electron chi connectivity index (χ1n) is 14.4. The highest BCUT2D eigenvalue weighted by atomic mass is 32.2. The normalized spacial score (nSPS) is 23.8. The van der Waals surface area contributed by atoms with Gasteiger partial charge < -0.3 is 15.1 Å². The summed E-state index contributed by atoms with van der Waals surface area (Å²) < 4.78 is 0. The van der Waals surface area contributed by atoms with E-state index in [1.807, 2.05) is 0 Å². The molecule has 6 unspecified atom stereocenters. The molecule has 1 rings (SSSR count). The molecule has 6 atom stereocenters. The Balaban J connectivity index is 2.68. The zero-order valence-electron chi connectivity index (χ0n) is 24.9. The second-order valence-corrected chi connectivity index (χ2v) is 16.0. The van der Waals surface area contributed by atoms with Gasteiger partial charge in [0.2, 0.25) is 0 Å². The summed E-state index contributed by atoms with van der Waals surface area (Å²) in [4.78, 5) is 4.69. The minimum absolute atomic E-state index is 0.771. The maximum absolute atomic E-state index is 3.32. The van der Waals surface area contributed by atoms with Gasteiger partial charge in [-0.1, -0.05) is 34.1 Å². The Morgan fingerprint density at radius 3 is 2.11 bits per heavy atom. The average molecular weight is 548 g/mol. The predicted octanol–water partition coefficient (Wildman–Crippen LogP) is 6.92. The second-order valence-electron chi connectivity index (χ2n) is 12.0. The molecule has 1 aliphatic rings. The van der Waals surface area contributed by atoms with Crippen molar-refractivity contribution in [1.82, 2.24) is 15.1 Å². The molecule has 0 bridgehead atoms. The number of hydrogen-bond donors (Lipinski definition) is 1. The van der Waals surface area contributed by atoms with Crippen LogP contribution >= 0.6 is 35.3 Å². The zero-order valence-corrected chi connectivity index (χ0v) is 27.3. The fourth-order valence-corrected chi connectivity index (χ4v) is 9.78. The summed E-state index contributed by atoms with van der Waals surface area (Å²) in [7, 11) is 10.9. The monoisotopic (exact) mass is 547 g/mol. The number of hydrogen-bond acceptors (Lipinski definition) is 6. The number of nitrogens with one attached hydrogen (secondary N) is 1. The van der Waals surface area contributed by atoms with Crippen LogP contribution in [0, 0.1) is 23.7 Å². The second kappa shape index (κ2) is 19.9. The van der Waals surface area contributed by atoms with Crippen LogP contribution in [0.2, 0.25) is 0 Å². The Hall–Kier alpha value is 0.930. The maximum Gasteiger partial charge on any atom is 0.00783 e. The lowest BCUT2D eigenvalue weighted by molar-refractivity contribution is 0.277. The Kier molecular flexibility index (Phi) is 19.3. The molecule has 3 nitrogen and oxygen atoms in total. The van der Waals surface area contributed by atoms with Crippen molar-refractivity contribution in [3.63, 3.8) is 0 Å². The Morgan fingerprint density at radius 2 is 1.49 bits per heavy atom. The molecule has 0 aliphatic heterocycles. The summed E-state index contributed by atoms with van der Waals surface area (Å²) in [6, 6.07) is 0. The van der Waals surface area contributed by atoms with E-state index in [4.69, 9.17) is 0 Å². The van der Waals surface area contributed by atoms with Crippen molar-refractivity contribution >= 4 is 35.3 Å². The number of rotatable bonds is 20. The van der Waals surface area contributed by atoms with Crippen molar-refractivity contribution in [2.75, 3.05) is 72.1 Å². The first kappa shape index (κ1) is 34.0. The van der Waals surface area contributed by atoms with Gasteiger partial charge >= 0.3 is 0 Å². The molecule has 1 fully saturated rings. The lowest BCUT2D eigenvalue weighted by Gasteiger charge is -2.36. The lowest BCUT2D eigenvalue weighted by atomic mass is 9.79. The quantitative estimate of drug-likeness (QED) is 0.166. The van der Waals surface area contributed by atoms with Crippen LogP contribution in [0.15, 0.2) is 0 Å². The van der Waals surface area contributed by atoms with Crippen molar-refractivity contribution in [3.8, 4) is 0 Å². The molecule has 1 aliphatic carbocycles. The summed E-state index contributed by atoms with van der Waals surface area (Å²) >= 11 is 6.76. The Bertz CT molecular complexity index is 504. The smallest absolute Gasteiger partial charge is 0.00783 e. The van der Waals surface area contributed by atoms with Gasteiger partial charge in [-0.05, 0) is 97.4 Å². The average Bonchev–Trinajstić information content (AvgIpc) is 2.78. The first-order chi connectivity index (χ1) is 16.6. The van der Waals surface area contributed by atoms with Crippen molar-refractivity contribution in [1.29, 1.82) is 0 Å². The van der Waals surface area contributed by atoms with Gasteiger partial charge in [0.25, 0.3) is 0 Å². The summed E-state index contributed by atoms with van der Waals surface area (Å²) in [5.41, 5.74) is 0. The van der Waals surface area contributed by atoms with E-state index in [9.17, 15) is 0 Å². The van der Waals surface area contributed by atoms with E-state index < -0.39 is 0 Å². The van der Waals surface area contributed by atoms with Gasteiger partial charge in [0.15, 0.2) is 0 Å². The molecular weight excluding hydrogens is 487 g/mol. The van der Waals surface area contributed by atoms with Gasteiger partial charge in [-0.2, -0.15) is 35.3 Å². The first-order valence-corrected chi connectivity index (χ1v) is 17.6. The van der Waals surface area contributed by atoms with E-state index in [-0.39, 0.29) is 0 Å². The summed E-state index contributed by atoms with van der Waals surface area (Å²) in [5, 5.41) is 5.82. The molecule has 35 heavy (non-hydrogen) atoms. The van der Waals surface area contributed by atoms with Crippen molar-refractivity contribution in [2.45, 2.75) is 88.4 Å². The molecule has 0 heterocycles. The van der Waals surface area contributed by atoms with Crippen LogP contribution in [0.3, 0.4) is 0 Å². The van der Waals surface area contributed by atoms with Crippen LogP contribution in [0.25, 0.3) is 0 Å². The molecule has 6 heteroatoms. The number of nitrogens with zero attached hydrogens (tertiary/aromatic N) is 2. The van der Waals surface area contributed by atoms with Gasteiger partial charge in [0.1, 0.15) is 0 Å². The molecule has 0 saturated heterocycles. The molecule has 0 aromatic heterocycles. The highest BCUT2D eigenvalue weighted by Gasteiger charge is 2.30. The van der Waals surface area contributed by atoms with E-state index in [1.165, 1.54) is 75.3 Å². The predicted molar refractivity (Wildman–Crippen MR) is 169 cm³/mol. The molecule has 0 aromatic carbocycles. The molecule has 0 amide bonds. The highest BCUT2D eigenvalue weighted by molar-refractivity contribution is 8.00. The molecule has 0 radical (unpaired) electrons. The third-order valence-electron chi connectivity index (χ3n) is 7.72. The highest BCUT2D eigenvalue weighted by Crippen LogP contribution is 2.41. The SMILES string of the molecule is CNCCSC(CCC(C)C(CCC1CCC(C)CC1SCCN(C)C)SCCN(C)C)C(C)C. The topological polar surface area (TPSA) is 18.5 Å². The summed E-state index contributed by atoms with van der Waals surface area (Å²) in [6.45, 7) is 13.4. The zero-order chi connectivity index (χ0) is 26.2. The van der Waals surface area contributed by atoms with E-state index in [0.29, 0.717) is 0 Å². The molecule has 0 aromatic rings. The fourth-order valence-electron chi connectivity index (χ4n) is 5.14. The van der Waals surface area contributed by atoms with Gasteiger partial charge in [0, 0.05) is 52.6 Å². The van der Waals surface area contributed by atoms with Crippen LogP contribution in [-0.4, -0.2) is 97.7 Å².